The summed E-state index contributed by atoms with van der Waals surface area (Å²) >= 11 is 0. The van der Waals surface area contributed by atoms with Crippen molar-refractivity contribution in [1.82, 2.24) is 20.0 Å². The van der Waals surface area contributed by atoms with Gasteiger partial charge in [-0.05, 0) is 26.0 Å². The molecular formula is C13H12N4O. The van der Waals surface area contributed by atoms with Gasteiger partial charge in [0.25, 0.3) is 5.56 Å². The fraction of sp³-hybridized carbons (Fsp3) is 0.154. The molecule has 0 saturated carbocycles. The van der Waals surface area contributed by atoms with E-state index in [0.717, 1.165) is 16.8 Å². The van der Waals surface area contributed by atoms with Crippen LogP contribution >= 0.6 is 0 Å². The first-order valence-electron chi connectivity index (χ1n) is 5.67. The quantitative estimate of drug-likeness (QED) is 0.704. The third-order valence-corrected chi connectivity index (χ3v) is 2.94. The molecule has 0 saturated heterocycles. The maximum atomic E-state index is 11.6. The molecule has 2 aromatic heterocycles. The van der Waals surface area contributed by atoms with E-state index in [1.165, 1.54) is 5.56 Å². The number of hydrogen-bond donors (Lipinski definition) is 1. The minimum absolute atomic E-state index is 0.263. The molecule has 0 atom stereocenters. The van der Waals surface area contributed by atoms with E-state index in [1.54, 1.807) is 4.68 Å². The summed E-state index contributed by atoms with van der Waals surface area (Å²) in [4.78, 5) is 11.6. The third kappa shape index (κ3) is 1.60. The number of hydrogen-bond acceptors (Lipinski definition) is 3. The van der Waals surface area contributed by atoms with Crippen LogP contribution in [0.4, 0.5) is 0 Å². The van der Waals surface area contributed by atoms with Gasteiger partial charge in [-0.3, -0.25) is 4.79 Å². The highest BCUT2D eigenvalue weighted by atomic mass is 16.1. The van der Waals surface area contributed by atoms with Crippen molar-refractivity contribution in [2.24, 2.45) is 0 Å². The van der Waals surface area contributed by atoms with E-state index in [1.807, 2.05) is 44.3 Å². The normalized spacial score (nSPS) is 11.0. The number of H-pyrrole nitrogens is 1. The number of nitrogens with zero attached hydrogens (tertiary/aromatic N) is 3. The number of rotatable bonds is 1. The molecule has 5 heteroatoms. The molecule has 2 heterocycles. The van der Waals surface area contributed by atoms with Crippen molar-refractivity contribution in [2.45, 2.75) is 13.8 Å². The molecule has 0 bridgehead atoms. The van der Waals surface area contributed by atoms with Gasteiger partial charge < -0.3 is 0 Å². The SMILES string of the molecule is Cc1ccc(-n2cc3c(C)n[nH]c(=O)c3n2)cc1. The molecule has 0 aliphatic carbocycles. The second kappa shape index (κ2) is 3.80. The van der Waals surface area contributed by atoms with Crippen LogP contribution in [0.1, 0.15) is 11.3 Å². The summed E-state index contributed by atoms with van der Waals surface area (Å²) in [7, 11) is 0. The predicted octanol–water partition coefficient (Wildman–Crippen LogP) is 1.73. The Balaban J connectivity index is 2.25. The molecule has 3 aromatic rings. The lowest BCUT2D eigenvalue weighted by Crippen LogP contribution is -2.09. The lowest BCUT2D eigenvalue weighted by atomic mass is 10.2. The van der Waals surface area contributed by atoms with Crippen LogP contribution in [0.3, 0.4) is 0 Å². The van der Waals surface area contributed by atoms with Crippen molar-refractivity contribution < 1.29 is 0 Å². The maximum absolute atomic E-state index is 11.6. The molecule has 1 N–H and O–H groups in total. The smallest absolute Gasteiger partial charge is 0.265 e. The molecule has 0 fully saturated rings. The van der Waals surface area contributed by atoms with Gasteiger partial charge in [0, 0.05) is 11.6 Å². The van der Waals surface area contributed by atoms with Crippen LogP contribution in [0.5, 0.6) is 0 Å². The van der Waals surface area contributed by atoms with Crippen LogP contribution in [0.2, 0.25) is 0 Å². The van der Waals surface area contributed by atoms with Crippen molar-refractivity contribution in [2.75, 3.05) is 0 Å². The molecule has 0 amide bonds. The van der Waals surface area contributed by atoms with E-state index in [-0.39, 0.29) is 5.56 Å². The fourth-order valence-electron chi connectivity index (χ4n) is 1.88. The maximum Gasteiger partial charge on any atom is 0.292 e. The number of fused-ring (bicyclic) bond motifs is 1. The highest BCUT2D eigenvalue weighted by Gasteiger charge is 2.09. The average molecular weight is 240 g/mol. The van der Waals surface area contributed by atoms with Gasteiger partial charge in [-0.2, -0.15) is 10.2 Å². The van der Waals surface area contributed by atoms with Gasteiger partial charge >= 0.3 is 0 Å². The van der Waals surface area contributed by atoms with Crippen molar-refractivity contribution in [3.05, 3.63) is 52.1 Å². The summed E-state index contributed by atoms with van der Waals surface area (Å²) in [5.41, 5.74) is 3.04. The number of nitrogens with one attached hydrogen (secondary N) is 1. The second-order valence-corrected chi connectivity index (χ2v) is 4.31. The summed E-state index contributed by atoms with van der Waals surface area (Å²) in [6.45, 7) is 3.88. The summed E-state index contributed by atoms with van der Waals surface area (Å²) in [5, 5.41) is 11.5. The largest absolute Gasteiger partial charge is 0.292 e. The van der Waals surface area contributed by atoms with Crippen LogP contribution in [-0.4, -0.2) is 20.0 Å². The molecule has 0 spiro atoms. The van der Waals surface area contributed by atoms with E-state index < -0.39 is 0 Å². The Bertz CT molecular complexity index is 768. The topological polar surface area (TPSA) is 63.6 Å². The van der Waals surface area contributed by atoms with Crippen molar-refractivity contribution in [1.29, 1.82) is 0 Å². The van der Waals surface area contributed by atoms with E-state index in [0.29, 0.717) is 5.52 Å². The molecule has 5 nitrogen and oxygen atoms in total. The Kier molecular flexibility index (Phi) is 2.26. The highest BCUT2D eigenvalue weighted by Crippen LogP contribution is 2.15. The van der Waals surface area contributed by atoms with Gasteiger partial charge in [-0.25, -0.2) is 9.78 Å². The first-order valence-corrected chi connectivity index (χ1v) is 5.67. The zero-order valence-corrected chi connectivity index (χ0v) is 10.1. The molecule has 0 aliphatic heterocycles. The second-order valence-electron chi connectivity index (χ2n) is 4.31. The molecule has 0 aliphatic rings. The number of benzene rings is 1. The Morgan fingerprint density at radius 1 is 1.17 bits per heavy atom. The zero-order valence-electron chi connectivity index (χ0n) is 10.1. The number of aromatic nitrogens is 4. The van der Waals surface area contributed by atoms with Crippen molar-refractivity contribution in [3.63, 3.8) is 0 Å². The van der Waals surface area contributed by atoms with Gasteiger partial charge in [0.1, 0.15) is 0 Å². The van der Waals surface area contributed by atoms with E-state index in [2.05, 4.69) is 15.3 Å². The van der Waals surface area contributed by atoms with Gasteiger partial charge in [0.05, 0.1) is 11.4 Å². The summed E-state index contributed by atoms with van der Waals surface area (Å²) in [5.74, 6) is 0. The van der Waals surface area contributed by atoms with E-state index in [9.17, 15) is 4.79 Å². The van der Waals surface area contributed by atoms with Crippen LogP contribution < -0.4 is 5.56 Å². The lowest BCUT2D eigenvalue weighted by Gasteiger charge is -2.00. The Morgan fingerprint density at radius 2 is 1.89 bits per heavy atom. The Morgan fingerprint density at radius 3 is 2.56 bits per heavy atom. The molecule has 3 rings (SSSR count). The minimum atomic E-state index is -0.263. The van der Waals surface area contributed by atoms with Gasteiger partial charge in [-0.15, -0.1) is 0 Å². The number of aryl methyl sites for hydroxylation is 2. The molecule has 0 unspecified atom stereocenters. The van der Waals surface area contributed by atoms with Gasteiger partial charge in [0.15, 0.2) is 5.52 Å². The molecule has 18 heavy (non-hydrogen) atoms. The predicted molar refractivity (Wildman–Crippen MR) is 69.0 cm³/mol. The van der Waals surface area contributed by atoms with Crippen LogP contribution in [0, 0.1) is 13.8 Å². The van der Waals surface area contributed by atoms with Crippen LogP contribution in [-0.2, 0) is 0 Å². The average Bonchev–Trinajstić information content (AvgIpc) is 2.81. The van der Waals surface area contributed by atoms with E-state index in [4.69, 9.17) is 0 Å². The Labute approximate surface area is 103 Å². The molecule has 0 radical (unpaired) electrons. The summed E-state index contributed by atoms with van der Waals surface area (Å²) in [6, 6.07) is 7.96. The monoisotopic (exact) mass is 240 g/mol. The first-order chi connectivity index (χ1) is 8.65. The Hall–Kier alpha value is -2.43. The summed E-state index contributed by atoms with van der Waals surface area (Å²) < 4.78 is 1.70. The number of aromatic amines is 1. The minimum Gasteiger partial charge on any atom is -0.265 e. The van der Waals surface area contributed by atoms with Crippen molar-refractivity contribution >= 4 is 10.9 Å². The summed E-state index contributed by atoms with van der Waals surface area (Å²) in [6.07, 6.45) is 1.83. The first kappa shape index (κ1) is 10.7. The lowest BCUT2D eigenvalue weighted by molar-refractivity contribution is 0.890. The molecule has 90 valence electrons. The van der Waals surface area contributed by atoms with Gasteiger partial charge in [0.2, 0.25) is 0 Å². The fourth-order valence-corrected chi connectivity index (χ4v) is 1.88. The van der Waals surface area contributed by atoms with E-state index >= 15 is 0 Å². The van der Waals surface area contributed by atoms with Crippen LogP contribution in [0.15, 0.2) is 35.3 Å². The van der Waals surface area contributed by atoms with Crippen LogP contribution in [0.25, 0.3) is 16.6 Å². The zero-order chi connectivity index (χ0) is 12.7. The molecule has 1 aromatic carbocycles. The van der Waals surface area contributed by atoms with Crippen molar-refractivity contribution in [3.8, 4) is 5.69 Å². The van der Waals surface area contributed by atoms with Gasteiger partial charge in [-0.1, -0.05) is 17.7 Å². The molecular weight excluding hydrogens is 228 g/mol. The highest BCUT2D eigenvalue weighted by molar-refractivity contribution is 5.79. The third-order valence-electron chi connectivity index (χ3n) is 2.94. The standard InChI is InChI=1S/C13H12N4O/c1-8-3-5-10(6-4-8)17-7-11-9(2)14-15-13(18)12(11)16-17/h3-7H,1-2H3,(H,15,18).